The number of rotatable bonds is 3. The third-order valence-electron chi connectivity index (χ3n) is 0.445. The highest BCUT2D eigenvalue weighted by atomic mass is 16.2. The van der Waals surface area contributed by atoms with Gasteiger partial charge >= 0.3 is 6.41 Å². The number of imide groups is 1. The minimum Gasteiger partial charge on any atom is -0.277 e. The van der Waals surface area contributed by atoms with Crippen molar-refractivity contribution >= 4 is 12.8 Å². The molecular formula is C3H5N2O2. The fourth-order valence-corrected chi connectivity index (χ4v) is 0.120. The first-order valence-corrected chi connectivity index (χ1v) is 1.65. The van der Waals surface area contributed by atoms with Crippen molar-refractivity contribution in [1.29, 1.82) is 0 Å². The summed E-state index contributed by atoms with van der Waals surface area (Å²) in [6, 6.07) is 0. The smallest absolute Gasteiger partial charge is 0.277 e. The molecule has 39 valence electrons. The van der Waals surface area contributed by atoms with Gasteiger partial charge < -0.3 is 0 Å². The summed E-state index contributed by atoms with van der Waals surface area (Å²) in [6.45, 7) is 0. The third kappa shape index (κ3) is 1.88. The van der Waals surface area contributed by atoms with Gasteiger partial charge in [-0.1, -0.05) is 0 Å². The minimum atomic E-state index is 0.326. The topological polar surface area (TPSA) is 49.4 Å². The third-order valence-corrected chi connectivity index (χ3v) is 0.445. The summed E-state index contributed by atoms with van der Waals surface area (Å²) in [4.78, 5) is 19.0. The van der Waals surface area contributed by atoms with Gasteiger partial charge in [-0.05, 0) is 0 Å². The van der Waals surface area contributed by atoms with Gasteiger partial charge in [0.05, 0.1) is 0 Å². The van der Waals surface area contributed by atoms with E-state index in [9.17, 15) is 9.59 Å². The Morgan fingerprint density at radius 3 is 2.43 bits per heavy atom. The summed E-state index contributed by atoms with van der Waals surface area (Å²) in [6.07, 6.45) is 1.63. The van der Waals surface area contributed by atoms with E-state index in [1.165, 1.54) is 13.5 Å². The molecule has 0 saturated heterocycles. The van der Waals surface area contributed by atoms with Crippen LogP contribution in [0.4, 0.5) is 0 Å². The van der Waals surface area contributed by atoms with E-state index >= 15 is 0 Å². The number of nitrogens with one attached hydrogen (secondary N) is 1. The van der Waals surface area contributed by atoms with Crippen LogP contribution in [-0.2, 0) is 9.59 Å². The Hall–Kier alpha value is -0.900. The number of carbonyl (C=O) groups excluding carboxylic acids is 2. The van der Waals surface area contributed by atoms with Crippen LogP contribution < -0.4 is 5.43 Å². The quantitative estimate of drug-likeness (QED) is 0.271. The molecule has 7 heavy (non-hydrogen) atoms. The van der Waals surface area contributed by atoms with Gasteiger partial charge in [0.1, 0.15) is 0 Å². The first kappa shape index (κ1) is 6.10. The van der Waals surface area contributed by atoms with Gasteiger partial charge in [0.15, 0.2) is 0 Å². The molecule has 0 bridgehead atoms. The molecule has 0 aliphatic carbocycles. The fraction of sp³-hybridized carbons (Fsp3) is 0.333. The van der Waals surface area contributed by atoms with Crippen LogP contribution in [-0.4, -0.2) is 24.9 Å². The molecule has 0 rings (SSSR count). The van der Waals surface area contributed by atoms with Crippen molar-refractivity contribution in [2.24, 2.45) is 0 Å². The van der Waals surface area contributed by atoms with Gasteiger partial charge in [0.25, 0.3) is 0 Å². The van der Waals surface area contributed by atoms with Crippen LogP contribution >= 0.6 is 0 Å². The molecule has 0 saturated carbocycles. The van der Waals surface area contributed by atoms with Crippen LogP contribution in [0.5, 0.6) is 0 Å². The van der Waals surface area contributed by atoms with Crippen LogP contribution in [0.25, 0.3) is 0 Å². The number of nitrogens with zero attached hydrogens (tertiary/aromatic N) is 1. The molecule has 0 fully saturated rings. The summed E-state index contributed by atoms with van der Waals surface area (Å²) < 4.78 is 0. The normalized spacial score (nSPS) is 7.57. The van der Waals surface area contributed by atoms with Crippen molar-refractivity contribution in [3.63, 3.8) is 0 Å². The highest BCUT2D eigenvalue weighted by molar-refractivity contribution is 5.67. The Morgan fingerprint density at radius 2 is 2.43 bits per heavy atom. The number of hydrazine groups is 1. The lowest BCUT2D eigenvalue weighted by atomic mass is 11.1. The Labute approximate surface area is 41.1 Å². The molecule has 4 nitrogen and oxygen atoms in total. The average molecular weight is 101 g/mol. The largest absolute Gasteiger partial charge is 0.334 e. The van der Waals surface area contributed by atoms with Crippen molar-refractivity contribution in [3.8, 4) is 0 Å². The van der Waals surface area contributed by atoms with Crippen LogP contribution in [0.3, 0.4) is 0 Å². The lowest BCUT2D eigenvalue weighted by molar-refractivity contribution is -0.116. The van der Waals surface area contributed by atoms with Gasteiger partial charge in [-0.2, -0.15) is 0 Å². The van der Waals surface area contributed by atoms with Crippen LogP contribution in [0.15, 0.2) is 0 Å². The first-order chi connectivity index (χ1) is 3.35. The zero-order valence-electron chi connectivity index (χ0n) is 3.84. The predicted octanol–water partition coefficient (Wildman–Crippen LogP) is -1.35. The number of hydrogen-bond acceptors (Lipinski definition) is 3. The molecule has 0 spiro atoms. The van der Waals surface area contributed by atoms with E-state index in [1.54, 1.807) is 0 Å². The van der Waals surface area contributed by atoms with Crippen molar-refractivity contribution < 1.29 is 9.59 Å². The summed E-state index contributed by atoms with van der Waals surface area (Å²) in [7, 11) is 1.44. The second kappa shape index (κ2) is 3.30. The Morgan fingerprint density at radius 1 is 1.86 bits per heavy atom. The summed E-state index contributed by atoms with van der Waals surface area (Å²) in [5, 5.41) is 0.639. The van der Waals surface area contributed by atoms with E-state index in [0.29, 0.717) is 11.4 Å². The molecule has 2 amide bonds. The molecule has 1 radical (unpaired) electrons. The summed E-state index contributed by atoms with van der Waals surface area (Å²) in [5.74, 6) is 0. The summed E-state index contributed by atoms with van der Waals surface area (Å²) >= 11 is 0. The van der Waals surface area contributed by atoms with E-state index in [4.69, 9.17) is 0 Å². The van der Waals surface area contributed by atoms with Crippen LogP contribution in [0.2, 0.25) is 0 Å². The maximum atomic E-state index is 9.57. The van der Waals surface area contributed by atoms with Gasteiger partial charge in [-0.3, -0.25) is 9.59 Å². The Bertz CT molecular complexity index is 65.3. The zero-order chi connectivity index (χ0) is 5.70. The minimum absolute atomic E-state index is 0.326. The predicted molar refractivity (Wildman–Crippen MR) is 22.7 cm³/mol. The molecule has 0 heterocycles. The lowest BCUT2D eigenvalue weighted by Crippen LogP contribution is -2.31. The standard InChI is InChI=1S/C3H5N2O2/c1-4-5(2-6)3-7/h2,4H,1H3. The van der Waals surface area contributed by atoms with E-state index < -0.39 is 0 Å². The van der Waals surface area contributed by atoms with Crippen molar-refractivity contribution in [1.82, 2.24) is 10.4 Å². The Balaban J connectivity index is 3.36. The van der Waals surface area contributed by atoms with Gasteiger partial charge in [0.2, 0.25) is 6.41 Å². The van der Waals surface area contributed by atoms with E-state index in [1.807, 2.05) is 0 Å². The van der Waals surface area contributed by atoms with E-state index in [-0.39, 0.29) is 0 Å². The Kier molecular flexibility index (Phi) is 2.87. The van der Waals surface area contributed by atoms with Gasteiger partial charge in [-0.15, -0.1) is 0 Å². The van der Waals surface area contributed by atoms with Crippen LogP contribution in [0.1, 0.15) is 0 Å². The van der Waals surface area contributed by atoms with E-state index in [2.05, 4.69) is 5.43 Å². The van der Waals surface area contributed by atoms with E-state index in [0.717, 1.165) is 0 Å². The molecule has 0 aliphatic rings. The van der Waals surface area contributed by atoms with Gasteiger partial charge in [0, 0.05) is 7.05 Å². The zero-order valence-corrected chi connectivity index (χ0v) is 3.84. The van der Waals surface area contributed by atoms with Gasteiger partial charge in [-0.25, -0.2) is 10.4 Å². The molecule has 0 atom stereocenters. The monoisotopic (exact) mass is 101 g/mol. The highest BCUT2D eigenvalue weighted by Crippen LogP contribution is 1.56. The molecule has 0 aromatic heterocycles. The number of amides is 2. The molecule has 0 aromatic rings. The van der Waals surface area contributed by atoms with Crippen LogP contribution in [0, 0.1) is 0 Å². The second-order valence-corrected chi connectivity index (χ2v) is 0.790. The molecule has 0 aromatic carbocycles. The molecule has 4 heteroatoms. The van der Waals surface area contributed by atoms with Crippen molar-refractivity contribution in [2.75, 3.05) is 7.05 Å². The fourth-order valence-electron chi connectivity index (χ4n) is 0.120. The first-order valence-electron chi connectivity index (χ1n) is 1.65. The van der Waals surface area contributed by atoms with Crippen molar-refractivity contribution in [2.45, 2.75) is 0 Å². The maximum absolute atomic E-state index is 9.57. The highest BCUT2D eigenvalue weighted by Gasteiger charge is 1.89. The molecular weight excluding hydrogens is 96.0 g/mol. The maximum Gasteiger partial charge on any atom is 0.334 e. The lowest BCUT2D eigenvalue weighted by Gasteiger charge is -2.00. The number of hydrogen-bond donors (Lipinski definition) is 1. The second-order valence-electron chi connectivity index (χ2n) is 0.790. The SMILES string of the molecule is CNN([C]=O)C=O. The number of carbonyl (C=O) groups is 1. The molecule has 1 N–H and O–H groups in total. The molecule has 0 aliphatic heterocycles. The van der Waals surface area contributed by atoms with Crippen molar-refractivity contribution in [3.05, 3.63) is 0 Å². The molecule has 0 unspecified atom stereocenters. The average Bonchev–Trinajstić information content (AvgIpc) is 1.72. The summed E-state index contributed by atoms with van der Waals surface area (Å²) in [5.41, 5.74) is 2.24.